The van der Waals surface area contributed by atoms with E-state index in [1.807, 2.05) is 18.2 Å². The molecule has 1 aliphatic rings. The van der Waals surface area contributed by atoms with E-state index in [1.165, 1.54) is 0 Å². The van der Waals surface area contributed by atoms with Crippen LogP contribution in [0.15, 0.2) is 35.3 Å². The number of fused-ring (bicyclic) bond motifs is 1. The zero-order chi connectivity index (χ0) is 18.7. The number of ether oxygens (including phenoxy) is 1. The largest absolute Gasteiger partial charge is 0.382 e. The van der Waals surface area contributed by atoms with Crippen LogP contribution < -0.4 is 5.56 Å². The zero-order valence-electron chi connectivity index (χ0n) is 15.6. The van der Waals surface area contributed by atoms with E-state index in [9.17, 15) is 9.59 Å². The van der Waals surface area contributed by atoms with Gasteiger partial charge < -0.3 is 14.2 Å². The molecule has 2 aromatic heterocycles. The number of rotatable bonds is 5. The van der Waals surface area contributed by atoms with Crippen molar-refractivity contribution in [2.45, 2.75) is 31.7 Å². The first-order chi connectivity index (χ1) is 12.5. The predicted molar refractivity (Wildman–Crippen MR) is 99.3 cm³/mol. The van der Waals surface area contributed by atoms with Crippen LogP contribution >= 0.6 is 0 Å². The summed E-state index contributed by atoms with van der Waals surface area (Å²) >= 11 is 0. The molecule has 2 aromatic rings. The molecule has 6 nitrogen and oxygen atoms in total. The Bertz CT molecular complexity index is 845. The van der Waals surface area contributed by atoms with E-state index < -0.39 is 0 Å². The van der Waals surface area contributed by atoms with Gasteiger partial charge in [-0.1, -0.05) is 6.07 Å². The summed E-state index contributed by atoms with van der Waals surface area (Å²) in [6.07, 6.45) is 5.67. The molecular weight excluding hydrogens is 330 g/mol. The van der Waals surface area contributed by atoms with Crippen molar-refractivity contribution in [1.29, 1.82) is 0 Å². The molecule has 0 aliphatic heterocycles. The topological polar surface area (TPSA) is 64.4 Å². The Morgan fingerprint density at radius 1 is 1.35 bits per heavy atom. The van der Waals surface area contributed by atoms with Gasteiger partial charge in [0.1, 0.15) is 5.56 Å². The van der Waals surface area contributed by atoms with Crippen molar-refractivity contribution in [3.8, 4) is 0 Å². The molecule has 3 rings (SSSR count). The number of carbonyl (C=O) groups is 1. The first-order valence-electron chi connectivity index (χ1n) is 8.93. The second kappa shape index (κ2) is 7.83. The fourth-order valence-electron chi connectivity index (χ4n) is 3.60. The normalized spacial score (nSPS) is 14.6. The zero-order valence-corrected chi connectivity index (χ0v) is 15.6. The highest BCUT2D eigenvalue weighted by atomic mass is 16.5. The summed E-state index contributed by atoms with van der Waals surface area (Å²) in [6, 6.07) is 7.00. The fourth-order valence-corrected chi connectivity index (χ4v) is 3.60. The average molecular weight is 355 g/mol. The Hall–Kier alpha value is -2.47. The number of nitrogens with zero attached hydrogens (tertiary/aromatic N) is 3. The average Bonchev–Trinajstić information content (AvgIpc) is 2.68. The molecule has 1 atom stereocenters. The Labute approximate surface area is 153 Å². The SMILES string of the molecule is COC[C@H](c1ccccn1)N(C)C(=O)c1cc2c(n(C)c1=O)CCCC2. The standard InChI is InChI=1S/C20H25N3O3/c1-22-17-10-5-4-8-14(17)12-15(19(22)24)20(25)23(2)18(13-26-3)16-9-6-7-11-21-16/h6-7,9,11-12,18H,4-5,8,10,13H2,1-3H3/t18-/m1/s1. The van der Waals surface area contributed by atoms with E-state index in [2.05, 4.69) is 4.98 Å². The smallest absolute Gasteiger partial charge is 0.263 e. The van der Waals surface area contributed by atoms with Gasteiger partial charge in [0.2, 0.25) is 0 Å². The van der Waals surface area contributed by atoms with Crippen LogP contribution in [0.3, 0.4) is 0 Å². The van der Waals surface area contributed by atoms with Gasteiger partial charge in [0.05, 0.1) is 18.3 Å². The van der Waals surface area contributed by atoms with Gasteiger partial charge in [-0.05, 0) is 49.4 Å². The molecule has 0 saturated heterocycles. The van der Waals surface area contributed by atoms with E-state index in [1.54, 1.807) is 42.9 Å². The van der Waals surface area contributed by atoms with Crippen molar-refractivity contribution in [2.75, 3.05) is 20.8 Å². The van der Waals surface area contributed by atoms with Crippen LogP contribution in [-0.2, 0) is 24.6 Å². The molecule has 0 aromatic carbocycles. The van der Waals surface area contributed by atoms with Gasteiger partial charge in [0, 0.05) is 33.1 Å². The summed E-state index contributed by atoms with van der Waals surface area (Å²) in [7, 11) is 5.04. The number of aryl methyl sites for hydroxylation is 1. The molecule has 1 aliphatic carbocycles. The highest BCUT2D eigenvalue weighted by Gasteiger charge is 2.27. The maximum atomic E-state index is 13.1. The lowest BCUT2D eigenvalue weighted by Gasteiger charge is -2.28. The van der Waals surface area contributed by atoms with Gasteiger partial charge in [-0.2, -0.15) is 0 Å². The number of amides is 1. The van der Waals surface area contributed by atoms with E-state index >= 15 is 0 Å². The monoisotopic (exact) mass is 355 g/mol. The van der Waals surface area contributed by atoms with E-state index in [0.717, 1.165) is 42.6 Å². The van der Waals surface area contributed by atoms with E-state index in [0.29, 0.717) is 6.61 Å². The third-order valence-corrected chi connectivity index (χ3v) is 5.11. The van der Waals surface area contributed by atoms with Crippen LogP contribution in [0.5, 0.6) is 0 Å². The molecule has 2 heterocycles. The first-order valence-corrected chi connectivity index (χ1v) is 8.93. The minimum atomic E-state index is -0.352. The van der Waals surface area contributed by atoms with Crippen molar-refractivity contribution in [3.05, 3.63) is 63.3 Å². The Balaban J connectivity index is 1.97. The number of hydrogen-bond acceptors (Lipinski definition) is 4. The Morgan fingerprint density at radius 3 is 2.81 bits per heavy atom. The van der Waals surface area contributed by atoms with Crippen molar-refractivity contribution in [1.82, 2.24) is 14.5 Å². The minimum Gasteiger partial charge on any atom is -0.382 e. The molecule has 26 heavy (non-hydrogen) atoms. The lowest BCUT2D eigenvalue weighted by atomic mass is 9.94. The molecule has 0 radical (unpaired) electrons. The van der Waals surface area contributed by atoms with E-state index in [-0.39, 0.29) is 23.1 Å². The number of carbonyl (C=O) groups excluding carboxylic acids is 1. The van der Waals surface area contributed by atoms with Gasteiger partial charge in [0.15, 0.2) is 0 Å². The molecular formula is C20H25N3O3. The molecule has 0 bridgehead atoms. The van der Waals surface area contributed by atoms with Crippen LogP contribution in [0.25, 0.3) is 0 Å². The third-order valence-electron chi connectivity index (χ3n) is 5.11. The lowest BCUT2D eigenvalue weighted by Crippen LogP contribution is -2.39. The van der Waals surface area contributed by atoms with Crippen molar-refractivity contribution in [3.63, 3.8) is 0 Å². The van der Waals surface area contributed by atoms with Gasteiger partial charge in [-0.25, -0.2) is 0 Å². The maximum Gasteiger partial charge on any atom is 0.263 e. The molecule has 138 valence electrons. The van der Waals surface area contributed by atoms with Crippen LogP contribution in [0.2, 0.25) is 0 Å². The van der Waals surface area contributed by atoms with Crippen LogP contribution in [0.4, 0.5) is 0 Å². The van der Waals surface area contributed by atoms with Crippen LogP contribution in [0.1, 0.15) is 46.2 Å². The third kappa shape index (κ3) is 3.42. The molecule has 1 amide bonds. The highest BCUT2D eigenvalue weighted by Crippen LogP contribution is 2.23. The first kappa shape index (κ1) is 18.3. The number of methoxy groups -OCH3 is 1. The molecule has 0 saturated carbocycles. The fraction of sp³-hybridized carbons (Fsp3) is 0.450. The summed E-state index contributed by atoms with van der Waals surface area (Å²) < 4.78 is 6.93. The Morgan fingerprint density at radius 2 is 2.12 bits per heavy atom. The van der Waals surface area contributed by atoms with E-state index in [4.69, 9.17) is 4.74 Å². The second-order valence-electron chi connectivity index (χ2n) is 6.74. The van der Waals surface area contributed by atoms with Crippen LogP contribution in [-0.4, -0.2) is 41.1 Å². The van der Waals surface area contributed by atoms with Gasteiger partial charge in [0.25, 0.3) is 11.5 Å². The molecule has 0 fully saturated rings. The minimum absolute atomic E-state index is 0.215. The number of hydrogen-bond donors (Lipinski definition) is 0. The summed E-state index contributed by atoms with van der Waals surface area (Å²) in [5.74, 6) is -0.299. The van der Waals surface area contributed by atoms with Gasteiger partial charge in [-0.15, -0.1) is 0 Å². The molecule has 6 heteroatoms. The lowest BCUT2D eigenvalue weighted by molar-refractivity contribution is 0.0592. The van der Waals surface area contributed by atoms with Gasteiger partial charge in [-0.3, -0.25) is 14.6 Å². The second-order valence-corrected chi connectivity index (χ2v) is 6.74. The number of likely N-dealkylation sites (N-methyl/N-ethyl adjacent to an activating group) is 1. The number of aromatic nitrogens is 2. The maximum absolute atomic E-state index is 13.1. The molecule has 0 unspecified atom stereocenters. The summed E-state index contributed by atoms with van der Waals surface area (Å²) in [5.41, 5.74) is 2.88. The predicted octanol–water partition coefficient (Wildman–Crippen LogP) is 2.12. The summed E-state index contributed by atoms with van der Waals surface area (Å²) in [6.45, 7) is 0.310. The summed E-state index contributed by atoms with van der Waals surface area (Å²) in [5, 5.41) is 0. The summed E-state index contributed by atoms with van der Waals surface area (Å²) in [4.78, 5) is 31.8. The number of pyridine rings is 2. The highest BCUT2D eigenvalue weighted by molar-refractivity contribution is 5.94. The molecule has 0 N–H and O–H groups in total. The van der Waals surface area contributed by atoms with Crippen molar-refractivity contribution >= 4 is 5.91 Å². The van der Waals surface area contributed by atoms with Crippen molar-refractivity contribution < 1.29 is 9.53 Å². The quantitative estimate of drug-likeness (QED) is 0.824. The van der Waals surface area contributed by atoms with Crippen LogP contribution in [0, 0.1) is 0 Å². The van der Waals surface area contributed by atoms with Gasteiger partial charge >= 0.3 is 0 Å². The molecule has 0 spiro atoms. The Kier molecular flexibility index (Phi) is 5.52. The van der Waals surface area contributed by atoms with Crippen molar-refractivity contribution in [2.24, 2.45) is 7.05 Å².